The molecule has 4 fully saturated rings. The molecular formula is C38H30N6O2. The van der Waals surface area contributed by atoms with Crippen molar-refractivity contribution in [3.8, 4) is 11.8 Å². The quantitative estimate of drug-likeness (QED) is 0.158. The molecule has 6 atom stereocenters. The van der Waals surface area contributed by atoms with Gasteiger partial charge in [0.2, 0.25) is 0 Å². The number of imidazole rings is 2. The first kappa shape index (κ1) is 26.0. The van der Waals surface area contributed by atoms with Crippen LogP contribution in [0.3, 0.4) is 0 Å². The van der Waals surface area contributed by atoms with Gasteiger partial charge in [-0.05, 0) is 90.6 Å². The van der Waals surface area contributed by atoms with Gasteiger partial charge >= 0.3 is 5.97 Å². The molecule has 6 unspecified atom stereocenters. The smallest absolute Gasteiger partial charge is 0.357 e. The summed E-state index contributed by atoms with van der Waals surface area (Å²) in [5.74, 6) is 9.27. The van der Waals surface area contributed by atoms with Crippen LogP contribution < -0.4 is 5.32 Å². The molecule has 46 heavy (non-hydrogen) atoms. The Hall–Kier alpha value is -5.23. The van der Waals surface area contributed by atoms with Gasteiger partial charge in [-0.1, -0.05) is 48.8 Å². The van der Waals surface area contributed by atoms with E-state index in [4.69, 9.17) is 14.8 Å². The zero-order chi connectivity index (χ0) is 30.5. The first-order chi connectivity index (χ1) is 22.6. The number of aromatic amines is 2. The van der Waals surface area contributed by atoms with Crippen molar-refractivity contribution in [1.82, 2.24) is 30.3 Å². The summed E-state index contributed by atoms with van der Waals surface area (Å²) in [7, 11) is 0. The Kier molecular flexibility index (Phi) is 5.45. The number of nitrogens with zero attached hydrogens (tertiary/aromatic N) is 3. The second kappa shape index (κ2) is 9.63. The number of hydrogen-bond donors (Lipinski definition) is 3. The normalized spacial score (nSPS) is 26.2. The average Bonchev–Trinajstić information content (AvgIpc) is 3.81. The largest absolute Gasteiger partial charge is 0.363 e. The number of carbonyl (C=O) groups excluding carboxylic acids is 1. The third-order valence-corrected chi connectivity index (χ3v) is 10.2. The van der Waals surface area contributed by atoms with Gasteiger partial charge in [-0.2, -0.15) is 0 Å². The molecule has 4 heterocycles. The van der Waals surface area contributed by atoms with Crippen LogP contribution in [0, 0.1) is 23.7 Å². The van der Waals surface area contributed by atoms with Gasteiger partial charge in [-0.15, -0.1) is 5.06 Å². The summed E-state index contributed by atoms with van der Waals surface area (Å²) in [6.45, 7) is 4.30. The van der Waals surface area contributed by atoms with E-state index < -0.39 is 0 Å². The summed E-state index contributed by atoms with van der Waals surface area (Å²) in [5, 5.41) is 7.64. The third kappa shape index (κ3) is 4.20. The van der Waals surface area contributed by atoms with Crippen LogP contribution in [0.1, 0.15) is 64.5 Å². The molecule has 6 aromatic rings. The van der Waals surface area contributed by atoms with Crippen LogP contribution >= 0.6 is 0 Å². The topological polar surface area (TPSA) is 98.9 Å². The van der Waals surface area contributed by atoms with E-state index in [1.165, 1.54) is 12.0 Å². The highest BCUT2D eigenvalue weighted by Crippen LogP contribution is 2.53. The van der Waals surface area contributed by atoms with Crippen molar-refractivity contribution in [2.45, 2.75) is 43.4 Å². The maximum atomic E-state index is 12.9. The molecule has 2 aromatic heterocycles. The molecule has 0 bridgehead atoms. The van der Waals surface area contributed by atoms with Gasteiger partial charge in [-0.3, -0.25) is 0 Å². The molecular weight excluding hydrogens is 572 g/mol. The van der Waals surface area contributed by atoms with Crippen molar-refractivity contribution < 1.29 is 9.63 Å². The number of H-pyrrole nitrogens is 2. The number of fused-ring (bicyclic) bond motifs is 6. The van der Waals surface area contributed by atoms with Crippen molar-refractivity contribution in [3.05, 3.63) is 119 Å². The molecule has 10 rings (SSSR count). The molecule has 2 saturated carbocycles. The van der Waals surface area contributed by atoms with Gasteiger partial charge in [0, 0.05) is 22.6 Å². The van der Waals surface area contributed by atoms with E-state index in [0.29, 0.717) is 23.4 Å². The molecule has 0 amide bonds. The summed E-state index contributed by atoms with van der Waals surface area (Å²) in [4.78, 5) is 35.7. The molecule has 2 aliphatic carbocycles. The standard InChI is InChI=1S/C38H30N6O2/c1-20-27-19-30(27)39-34(20)37-40-28-13-10-22(16-31(28)42-37)8-7-21-9-12-26-24(15-21)11-14-29-35(26)43-36(41-29)33-18-25-17-32(25)44(33)46-38(45)23-5-3-2-4-6-23/h2-6,9-16,25,27,30,32-34,39H,1,17-19H2,(H,40,42)(H,41,43). The fourth-order valence-electron chi connectivity index (χ4n) is 7.53. The number of carbonyl (C=O) groups is 1. The zero-order valence-corrected chi connectivity index (χ0v) is 25.0. The van der Waals surface area contributed by atoms with Crippen molar-refractivity contribution in [3.63, 3.8) is 0 Å². The van der Waals surface area contributed by atoms with E-state index in [1.807, 2.05) is 35.4 Å². The molecule has 2 aliphatic heterocycles. The number of rotatable bonds is 4. The minimum absolute atomic E-state index is 0.0915. The predicted octanol–water partition coefficient (Wildman–Crippen LogP) is 6.49. The average molecular weight is 603 g/mol. The minimum atomic E-state index is -0.327. The first-order valence-corrected chi connectivity index (χ1v) is 16.0. The predicted molar refractivity (Wildman–Crippen MR) is 176 cm³/mol. The second-order valence-electron chi connectivity index (χ2n) is 13.2. The molecule has 8 heteroatoms. The fourth-order valence-corrected chi connectivity index (χ4v) is 7.53. The van der Waals surface area contributed by atoms with Crippen LogP contribution in [-0.4, -0.2) is 43.1 Å². The number of hydrogen-bond acceptors (Lipinski definition) is 6. The van der Waals surface area contributed by atoms with Crippen molar-refractivity contribution in [2.24, 2.45) is 11.8 Å². The molecule has 224 valence electrons. The molecule has 8 nitrogen and oxygen atoms in total. The van der Waals surface area contributed by atoms with E-state index in [1.54, 1.807) is 12.1 Å². The van der Waals surface area contributed by atoms with E-state index in [2.05, 4.69) is 70.1 Å². The maximum Gasteiger partial charge on any atom is 0.357 e. The van der Waals surface area contributed by atoms with Gasteiger partial charge in [0.25, 0.3) is 0 Å². The Morgan fingerprint density at radius 2 is 1.70 bits per heavy atom. The van der Waals surface area contributed by atoms with Crippen molar-refractivity contribution in [2.75, 3.05) is 0 Å². The Morgan fingerprint density at radius 3 is 2.54 bits per heavy atom. The van der Waals surface area contributed by atoms with E-state index in [0.717, 1.165) is 68.5 Å². The minimum Gasteiger partial charge on any atom is -0.363 e. The van der Waals surface area contributed by atoms with Crippen LogP contribution in [0.25, 0.3) is 32.8 Å². The Labute approximate surface area is 264 Å². The van der Waals surface area contributed by atoms with Crippen LogP contribution in [-0.2, 0) is 4.84 Å². The molecule has 2 saturated heterocycles. The van der Waals surface area contributed by atoms with E-state index in [9.17, 15) is 4.79 Å². The van der Waals surface area contributed by atoms with Gasteiger partial charge in [0.15, 0.2) is 0 Å². The lowest BCUT2D eigenvalue weighted by Gasteiger charge is -2.24. The molecule has 3 N–H and O–H groups in total. The van der Waals surface area contributed by atoms with Crippen molar-refractivity contribution in [1.29, 1.82) is 0 Å². The molecule has 4 aliphatic rings. The highest BCUT2D eigenvalue weighted by molar-refractivity contribution is 6.04. The lowest BCUT2D eigenvalue weighted by molar-refractivity contribution is -0.136. The van der Waals surface area contributed by atoms with Gasteiger partial charge in [-0.25, -0.2) is 14.8 Å². The van der Waals surface area contributed by atoms with Crippen LogP contribution in [0.2, 0.25) is 0 Å². The SMILES string of the molecule is C=C1C(c2nc3ccc(C#Cc4ccc5c(ccc6[nH]c(C7CC8CC8N7OC(=O)c7ccccc7)nc65)c4)cc3[nH]2)NC2CC12. The van der Waals surface area contributed by atoms with Crippen LogP contribution in [0.4, 0.5) is 0 Å². The highest BCUT2D eigenvalue weighted by Gasteiger charge is 2.55. The number of hydroxylamine groups is 2. The summed E-state index contributed by atoms with van der Waals surface area (Å²) >= 11 is 0. The Morgan fingerprint density at radius 1 is 0.870 bits per heavy atom. The summed E-state index contributed by atoms with van der Waals surface area (Å²) in [6.07, 6.45) is 3.17. The fraction of sp³-hybridized carbons (Fsp3) is 0.237. The number of benzene rings is 4. The summed E-state index contributed by atoms with van der Waals surface area (Å²) < 4.78 is 0. The summed E-state index contributed by atoms with van der Waals surface area (Å²) in [6, 6.07) is 26.6. The van der Waals surface area contributed by atoms with Gasteiger partial charge in [0.05, 0.1) is 39.7 Å². The number of aromatic nitrogens is 4. The number of nitrogens with one attached hydrogen (secondary N) is 3. The summed E-state index contributed by atoms with van der Waals surface area (Å²) in [5.41, 5.74) is 7.48. The first-order valence-electron chi connectivity index (χ1n) is 16.0. The molecule has 4 aromatic carbocycles. The van der Waals surface area contributed by atoms with E-state index >= 15 is 0 Å². The van der Waals surface area contributed by atoms with Crippen molar-refractivity contribution >= 4 is 38.8 Å². The van der Waals surface area contributed by atoms with Crippen LogP contribution in [0.15, 0.2) is 91.0 Å². The Bertz CT molecular complexity index is 2310. The lowest BCUT2D eigenvalue weighted by Crippen LogP contribution is -2.30. The van der Waals surface area contributed by atoms with Gasteiger partial charge < -0.3 is 20.1 Å². The van der Waals surface area contributed by atoms with E-state index in [-0.39, 0.29) is 24.1 Å². The van der Waals surface area contributed by atoms with Crippen LogP contribution in [0.5, 0.6) is 0 Å². The Balaban J connectivity index is 0.907. The number of piperidine rings is 2. The maximum absolute atomic E-state index is 12.9. The molecule has 0 radical (unpaired) electrons. The lowest BCUT2D eigenvalue weighted by atomic mass is 10.1. The zero-order valence-electron chi connectivity index (χ0n) is 25.0. The molecule has 0 spiro atoms. The second-order valence-corrected chi connectivity index (χ2v) is 13.2. The highest BCUT2D eigenvalue weighted by atomic mass is 16.7. The monoisotopic (exact) mass is 602 g/mol. The van der Waals surface area contributed by atoms with Gasteiger partial charge in [0.1, 0.15) is 17.7 Å². The third-order valence-electron chi connectivity index (χ3n) is 10.2.